The lowest BCUT2D eigenvalue weighted by Gasteiger charge is -2.11. The summed E-state index contributed by atoms with van der Waals surface area (Å²) in [5, 5.41) is 19.1. The standard InChI is InChI=1S/C21H18F3N7O4S/c1-2-26-19(33)29-16-6-13(18-28-15(10-36-18)21(22,23)24)14(9-27-16)11-5-12(8-25-7-11)17-30-31(3-4-32)20(34)35-17/h5-10,32H,2-4H2,1H3,(H2,26,27,29,33). The maximum absolute atomic E-state index is 13.2. The third kappa shape index (κ3) is 5.41. The van der Waals surface area contributed by atoms with Gasteiger partial charge in [-0.05, 0) is 19.1 Å². The summed E-state index contributed by atoms with van der Waals surface area (Å²) in [6, 6.07) is 2.44. The van der Waals surface area contributed by atoms with Crippen molar-refractivity contribution < 1.29 is 27.5 Å². The molecule has 0 fully saturated rings. The van der Waals surface area contributed by atoms with Crippen molar-refractivity contribution in [3.63, 3.8) is 0 Å². The number of thiazole rings is 1. The van der Waals surface area contributed by atoms with Crippen LogP contribution in [0.4, 0.5) is 23.8 Å². The van der Waals surface area contributed by atoms with Gasteiger partial charge in [0.25, 0.3) is 5.89 Å². The van der Waals surface area contributed by atoms with Crippen molar-refractivity contribution in [2.45, 2.75) is 19.6 Å². The van der Waals surface area contributed by atoms with Crippen LogP contribution in [0.15, 0.2) is 45.3 Å². The monoisotopic (exact) mass is 521 g/mol. The number of nitrogens with zero attached hydrogens (tertiary/aromatic N) is 5. The number of amides is 2. The largest absolute Gasteiger partial charge is 0.437 e. The van der Waals surface area contributed by atoms with Crippen LogP contribution in [-0.4, -0.2) is 49.0 Å². The minimum atomic E-state index is -4.63. The van der Waals surface area contributed by atoms with Crippen LogP contribution in [0, 0.1) is 0 Å². The Bertz CT molecular complexity index is 1450. The number of halogens is 3. The Labute approximate surface area is 204 Å². The van der Waals surface area contributed by atoms with Crippen molar-refractivity contribution in [2.75, 3.05) is 18.5 Å². The fourth-order valence-corrected chi connectivity index (χ4v) is 4.00. The first-order chi connectivity index (χ1) is 17.2. The summed E-state index contributed by atoms with van der Waals surface area (Å²) < 4.78 is 45.7. The number of hydrogen-bond donors (Lipinski definition) is 3. The van der Waals surface area contributed by atoms with Gasteiger partial charge >= 0.3 is 18.0 Å². The second-order valence-electron chi connectivity index (χ2n) is 7.22. The van der Waals surface area contributed by atoms with Crippen LogP contribution in [0.1, 0.15) is 12.6 Å². The molecule has 0 aliphatic carbocycles. The normalized spacial score (nSPS) is 11.5. The molecule has 0 aliphatic heterocycles. The summed E-state index contributed by atoms with van der Waals surface area (Å²) in [5.41, 5.74) is 0.315. The van der Waals surface area contributed by atoms with E-state index < -0.39 is 23.7 Å². The van der Waals surface area contributed by atoms with Crippen molar-refractivity contribution in [3.05, 3.63) is 52.3 Å². The van der Waals surface area contributed by atoms with Crippen LogP contribution in [0.25, 0.3) is 33.2 Å². The van der Waals surface area contributed by atoms with Gasteiger partial charge in [0, 0.05) is 47.2 Å². The number of anilines is 1. The number of alkyl halides is 3. The maximum atomic E-state index is 13.2. The topological polar surface area (TPSA) is 148 Å². The molecule has 0 radical (unpaired) electrons. The van der Waals surface area contributed by atoms with E-state index in [1.807, 2.05) is 0 Å². The number of hydrogen-bond acceptors (Lipinski definition) is 9. The number of aliphatic hydroxyl groups is 1. The lowest BCUT2D eigenvalue weighted by Crippen LogP contribution is -2.28. The van der Waals surface area contributed by atoms with Crippen LogP contribution in [0.3, 0.4) is 0 Å². The van der Waals surface area contributed by atoms with E-state index in [4.69, 9.17) is 9.52 Å². The molecule has 0 unspecified atom stereocenters. The van der Waals surface area contributed by atoms with E-state index in [-0.39, 0.29) is 35.4 Å². The summed E-state index contributed by atoms with van der Waals surface area (Å²) in [6.45, 7) is 1.71. The molecule has 3 N–H and O–H groups in total. The van der Waals surface area contributed by atoms with Crippen LogP contribution in [0.2, 0.25) is 0 Å². The molecule has 4 rings (SSSR count). The second kappa shape index (κ2) is 10.2. The molecule has 4 heterocycles. The van der Waals surface area contributed by atoms with Gasteiger partial charge in [-0.25, -0.2) is 19.6 Å². The molecular formula is C21H18F3N7O4S. The molecule has 11 nitrogen and oxygen atoms in total. The lowest BCUT2D eigenvalue weighted by molar-refractivity contribution is -0.140. The number of aromatic nitrogens is 5. The molecule has 15 heteroatoms. The molecule has 0 aliphatic rings. The van der Waals surface area contributed by atoms with Gasteiger partial charge in [0.05, 0.1) is 18.7 Å². The number of pyridine rings is 2. The zero-order valence-corrected chi connectivity index (χ0v) is 19.4. The highest BCUT2D eigenvalue weighted by atomic mass is 32.1. The molecular weight excluding hydrogens is 503 g/mol. The predicted octanol–water partition coefficient (Wildman–Crippen LogP) is 3.24. The van der Waals surface area contributed by atoms with Gasteiger partial charge < -0.3 is 14.8 Å². The summed E-state index contributed by atoms with van der Waals surface area (Å²) in [7, 11) is 0. The highest BCUT2D eigenvalue weighted by Gasteiger charge is 2.34. The van der Waals surface area contributed by atoms with E-state index in [1.165, 1.54) is 24.7 Å². The van der Waals surface area contributed by atoms with Crippen molar-refractivity contribution in [3.8, 4) is 33.2 Å². The Morgan fingerprint density at radius 2 is 1.97 bits per heavy atom. The van der Waals surface area contributed by atoms with Crippen molar-refractivity contribution in [1.82, 2.24) is 30.0 Å². The summed E-state index contributed by atoms with van der Waals surface area (Å²) in [6.07, 6.45) is -0.424. The number of nitrogens with one attached hydrogen (secondary N) is 2. The first-order valence-corrected chi connectivity index (χ1v) is 11.3. The van der Waals surface area contributed by atoms with E-state index in [0.29, 0.717) is 23.2 Å². The van der Waals surface area contributed by atoms with Crippen LogP contribution in [0.5, 0.6) is 0 Å². The average molecular weight is 521 g/mol. The van der Waals surface area contributed by atoms with Crippen LogP contribution < -0.4 is 16.4 Å². The highest BCUT2D eigenvalue weighted by molar-refractivity contribution is 7.13. The Morgan fingerprint density at radius 3 is 2.67 bits per heavy atom. The Morgan fingerprint density at radius 1 is 1.19 bits per heavy atom. The minimum Gasteiger partial charge on any atom is -0.394 e. The van der Waals surface area contributed by atoms with E-state index in [1.54, 1.807) is 13.0 Å². The molecule has 36 heavy (non-hydrogen) atoms. The summed E-state index contributed by atoms with van der Waals surface area (Å²) >= 11 is 0.781. The van der Waals surface area contributed by atoms with Gasteiger partial charge in [0.2, 0.25) is 0 Å². The zero-order valence-electron chi connectivity index (χ0n) is 18.5. The maximum Gasteiger partial charge on any atom is 0.437 e. The Kier molecular flexibility index (Phi) is 7.12. The third-order valence-corrected chi connectivity index (χ3v) is 5.60. The Hall–Kier alpha value is -4.11. The molecule has 0 bridgehead atoms. The molecule has 0 atom stereocenters. The number of rotatable bonds is 7. The molecule has 0 saturated heterocycles. The first-order valence-electron chi connectivity index (χ1n) is 10.4. The summed E-state index contributed by atoms with van der Waals surface area (Å²) in [4.78, 5) is 35.9. The van der Waals surface area contributed by atoms with Gasteiger partial charge in [-0.1, -0.05) is 0 Å². The van der Waals surface area contributed by atoms with E-state index >= 15 is 0 Å². The van der Waals surface area contributed by atoms with Gasteiger partial charge in [-0.3, -0.25) is 10.3 Å². The van der Waals surface area contributed by atoms with E-state index in [9.17, 15) is 22.8 Å². The number of carbonyl (C=O) groups excluding carboxylic acids is 1. The molecule has 4 aromatic rings. The fourth-order valence-electron chi connectivity index (χ4n) is 3.14. The number of carbonyl (C=O) groups is 1. The minimum absolute atomic E-state index is 0.0443. The fraction of sp³-hybridized carbons (Fsp3) is 0.238. The zero-order chi connectivity index (χ0) is 25.9. The second-order valence-corrected chi connectivity index (χ2v) is 8.08. The third-order valence-electron chi connectivity index (χ3n) is 4.72. The molecule has 0 saturated carbocycles. The first kappa shape index (κ1) is 25.0. The van der Waals surface area contributed by atoms with Crippen molar-refractivity contribution >= 4 is 23.2 Å². The quantitative estimate of drug-likeness (QED) is 0.336. The Balaban J connectivity index is 1.79. The van der Waals surface area contributed by atoms with Crippen molar-refractivity contribution in [2.24, 2.45) is 0 Å². The van der Waals surface area contributed by atoms with Crippen molar-refractivity contribution in [1.29, 1.82) is 0 Å². The van der Waals surface area contributed by atoms with Crippen LogP contribution in [-0.2, 0) is 12.7 Å². The van der Waals surface area contributed by atoms with E-state index in [0.717, 1.165) is 21.4 Å². The molecule has 0 aromatic carbocycles. The van der Waals surface area contributed by atoms with Gasteiger partial charge in [-0.2, -0.15) is 17.9 Å². The predicted molar refractivity (Wildman–Crippen MR) is 123 cm³/mol. The lowest BCUT2D eigenvalue weighted by atomic mass is 10.0. The van der Waals surface area contributed by atoms with Gasteiger partial charge in [0.1, 0.15) is 10.8 Å². The highest BCUT2D eigenvalue weighted by Crippen LogP contribution is 2.38. The number of aliphatic hydroxyl groups excluding tert-OH is 1. The average Bonchev–Trinajstić information content (AvgIpc) is 3.47. The summed E-state index contributed by atoms with van der Waals surface area (Å²) in [5.74, 6) is -0.725. The molecule has 4 aromatic heterocycles. The smallest absolute Gasteiger partial charge is 0.394 e. The number of urea groups is 1. The molecule has 2 amide bonds. The van der Waals surface area contributed by atoms with Gasteiger partial charge in [0.15, 0.2) is 5.69 Å². The molecule has 188 valence electrons. The van der Waals surface area contributed by atoms with Gasteiger partial charge in [-0.15, -0.1) is 16.4 Å². The SMILES string of the molecule is CCNC(=O)Nc1cc(-c2nc(C(F)(F)F)cs2)c(-c2cncc(-c3nn(CCO)c(=O)o3)c2)cn1. The molecule has 0 spiro atoms. The van der Waals surface area contributed by atoms with Crippen LogP contribution >= 0.6 is 11.3 Å². The van der Waals surface area contributed by atoms with E-state index in [2.05, 4.69) is 30.7 Å².